The van der Waals surface area contributed by atoms with E-state index in [1.54, 1.807) is 10.7 Å². The summed E-state index contributed by atoms with van der Waals surface area (Å²) in [5.41, 5.74) is 1.15. The first-order valence-electron chi connectivity index (χ1n) is 5.97. The van der Waals surface area contributed by atoms with Gasteiger partial charge in [-0.1, -0.05) is 11.3 Å². The zero-order valence-corrected chi connectivity index (χ0v) is 11.4. The van der Waals surface area contributed by atoms with Gasteiger partial charge in [0.15, 0.2) is 0 Å². The van der Waals surface area contributed by atoms with Gasteiger partial charge in [-0.3, -0.25) is 4.79 Å². The van der Waals surface area contributed by atoms with Gasteiger partial charge in [0, 0.05) is 5.56 Å². The fourth-order valence-electron chi connectivity index (χ4n) is 1.80. The molecule has 1 N–H and O–H groups in total. The molecule has 1 aromatic carbocycles. The topological polar surface area (TPSA) is 59.3 Å². The van der Waals surface area contributed by atoms with Crippen LogP contribution >= 0.6 is 11.3 Å². The number of carbonyl (C=O) groups is 1. The molecule has 0 unspecified atom stereocenters. The lowest BCUT2D eigenvalue weighted by molar-refractivity contribution is 0.0950. The minimum absolute atomic E-state index is 0.259. The molecular weight excluding hydrogens is 279 g/mol. The van der Waals surface area contributed by atoms with Crippen molar-refractivity contribution in [1.82, 2.24) is 19.9 Å². The number of amides is 1. The fourth-order valence-corrected chi connectivity index (χ4v) is 2.55. The zero-order chi connectivity index (χ0) is 14.1. The van der Waals surface area contributed by atoms with Gasteiger partial charge >= 0.3 is 0 Å². The number of rotatable bonds is 3. The van der Waals surface area contributed by atoms with E-state index in [2.05, 4.69) is 15.4 Å². The lowest BCUT2D eigenvalue weighted by Gasteiger charge is -2.02. The highest BCUT2D eigenvalue weighted by Gasteiger charge is 2.09. The van der Waals surface area contributed by atoms with Crippen LogP contribution in [-0.2, 0) is 6.54 Å². The molecule has 0 saturated carbocycles. The van der Waals surface area contributed by atoms with E-state index < -0.39 is 0 Å². The van der Waals surface area contributed by atoms with Crippen molar-refractivity contribution in [1.29, 1.82) is 0 Å². The number of nitrogens with one attached hydrogen (secondary N) is 1. The van der Waals surface area contributed by atoms with E-state index in [4.69, 9.17) is 0 Å². The number of carbonyl (C=O) groups excluding carboxylic acids is 1. The Morgan fingerprint density at radius 1 is 1.40 bits per heavy atom. The first kappa shape index (κ1) is 12.7. The van der Waals surface area contributed by atoms with Crippen molar-refractivity contribution in [3.63, 3.8) is 0 Å². The minimum Gasteiger partial charge on any atom is -0.346 e. The molecule has 0 fully saturated rings. The molecule has 0 saturated heterocycles. The van der Waals surface area contributed by atoms with Crippen LogP contribution in [0.4, 0.5) is 4.39 Å². The van der Waals surface area contributed by atoms with Gasteiger partial charge < -0.3 is 5.32 Å². The third-order valence-electron chi connectivity index (χ3n) is 2.73. The van der Waals surface area contributed by atoms with E-state index in [0.717, 1.165) is 15.7 Å². The number of hydrogen-bond donors (Lipinski definition) is 1. The largest absolute Gasteiger partial charge is 0.346 e. The van der Waals surface area contributed by atoms with Gasteiger partial charge in [0.25, 0.3) is 5.91 Å². The highest BCUT2D eigenvalue weighted by Crippen LogP contribution is 2.13. The van der Waals surface area contributed by atoms with Gasteiger partial charge in [-0.2, -0.15) is 5.10 Å². The number of aromatic nitrogens is 3. The van der Waals surface area contributed by atoms with E-state index in [-0.39, 0.29) is 11.7 Å². The second kappa shape index (κ2) is 5.01. The second-order valence-corrected chi connectivity index (χ2v) is 5.43. The van der Waals surface area contributed by atoms with Crippen LogP contribution in [0, 0.1) is 12.7 Å². The van der Waals surface area contributed by atoms with Crippen LogP contribution in [-0.4, -0.2) is 20.5 Å². The van der Waals surface area contributed by atoms with Gasteiger partial charge in [-0.25, -0.2) is 13.9 Å². The van der Waals surface area contributed by atoms with E-state index in [9.17, 15) is 9.18 Å². The molecule has 0 radical (unpaired) electrons. The second-order valence-electron chi connectivity index (χ2n) is 4.27. The minimum atomic E-state index is -0.364. The van der Waals surface area contributed by atoms with Gasteiger partial charge in [-0.15, -0.1) is 0 Å². The maximum absolute atomic E-state index is 12.8. The number of nitrogens with zero attached hydrogens (tertiary/aromatic N) is 3. The van der Waals surface area contributed by atoms with Crippen molar-refractivity contribution < 1.29 is 9.18 Å². The van der Waals surface area contributed by atoms with Crippen molar-refractivity contribution in [3.05, 3.63) is 52.5 Å². The van der Waals surface area contributed by atoms with Crippen LogP contribution < -0.4 is 5.32 Å². The average molecular weight is 290 g/mol. The molecule has 0 atom stereocenters. The zero-order valence-electron chi connectivity index (χ0n) is 10.6. The van der Waals surface area contributed by atoms with Crippen molar-refractivity contribution in [2.45, 2.75) is 13.5 Å². The molecule has 0 aliphatic heterocycles. The van der Waals surface area contributed by atoms with Gasteiger partial charge in [0.1, 0.15) is 10.8 Å². The molecule has 102 valence electrons. The first-order valence-corrected chi connectivity index (χ1v) is 6.79. The normalized spacial score (nSPS) is 10.9. The molecule has 0 aliphatic rings. The first-order chi connectivity index (χ1) is 9.61. The van der Waals surface area contributed by atoms with Gasteiger partial charge in [0.2, 0.25) is 4.96 Å². The molecule has 2 heterocycles. The van der Waals surface area contributed by atoms with E-state index in [0.29, 0.717) is 12.1 Å². The monoisotopic (exact) mass is 290 g/mol. The molecule has 3 aromatic rings. The van der Waals surface area contributed by atoms with Crippen LogP contribution in [0.1, 0.15) is 21.1 Å². The summed E-state index contributed by atoms with van der Waals surface area (Å²) in [4.78, 5) is 17.0. The van der Waals surface area contributed by atoms with Crippen LogP contribution in [0.15, 0.2) is 30.5 Å². The Balaban J connectivity index is 1.67. The number of hydrogen-bond acceptors (Lipinski definition) is 4. The lowest BCUT2D eigenvalue weighted by atomic mass is 10.2. The number of fused-ring (bicyclic) bond motifs is 1. The SMILES string of the molecule is Cc1nn2cc(CNC(=O)c3ccc(F)cc3)nc2s1. The predicted molar refractivity (Wildman–Crippen MR) is 73.2 cm³/mol. The average Bonchev–Trinajstić information content (AvgIpc) is 2.93. The third kappa shape index (κ3) is 2.53. The molecule has 0 spiro atoms. The summed E-state index contributed by atoms with van der Waals surface area (Å²) in [5, 5.41) is 7.93. The number of benzene rings is 1. The molecule has 2 aromatic heterocycles. The van der Waals surface area contributed by atoms with Crippen molar-refractivity contribution in [2.24, 2.45) is 0 Å². The Kier molecular flexibility index (Phi) is 3.19. The Bertz CT molecular complexity index is 731. The Labute approximate surface area is 118 Å². The number of imidazole rings is 1. The smallest absolute Gasteiger partial charge is 0.251 e. The summed E-state index contributed by atoms with van der Waals surface area (Å²) >= 11 is 1.49. The summed E-state index contributed by atoms with van der Waals surface area (Å²) in [5.74, 6) is -0.622. The predicted octanol–water partition coefficient (Wildman–Crippen LogP) is 2.17. The van der Waals surface area contributed by atoms with E-state index in [1.165, 1.54) is 35.6 Å². The van der Waals surface area contributed by atoms with Crippen LogP contribution in [0.5, 0.6) is 0 Å². The molecule has 7 heteroatoms. The van der Waals surface area contributed by atoms with E-state index >= 15 is 0 Å². The summed E-state index contributed by atoms with van der Waals surface area (Å²) in [6.07, 6.45) is 1.78. The van der Waals surface area contributed by atoms with Crippen LogP contribution in [0.3, 0.4) is 0 Å². The Hall–Kier alpha value is -2.28. The Morgan fingerprint density at radius 3 is 2.85 bits per heavy atom. The highest BCUT2D eigenvalue weighted by atomic mass is 32.1. The summed E-state index contributed by atoms with van der Waals surface area (Å²) in [6.45, 7) is 2.22. The summed E-state index contributed by atoms with van der Waals surface area (Å²) in [7, 11) is 0. The molecular formula is C13H11FN4OS. The van der Waals surface area contributed by atoms with Crippen LogP contribution in [0.25, 0.3) is 4.96 Å². The lowest BCUT2D eigenvalue weighted by Crippen LogP contribution is -2.22. The quantitative estimate of drug-likeness (QED) is 0.804. The standard InChI is InChI=1S/C13H11FN4OS/c1-8-17-18-7-11(16-13(18)20-8)6-15-12(19)9-2-4-10(14)5-3-9/h2-5,7H,6H2,1H3,(H,15,19). The molecule has 3 rings (SSSR count). The van der Waals surface area contributed by atoms with Gasteiger partial charge in [0.05, 0.1) is 18.4 Å². The Morgan fingerprint density at radius 2 is 2.15 bits per heavy atom. The molecule has 0 aliphatic carbocycles. The molecule has 0 bridgehead atoms. The number of halogens is 1. The maximum Gasteiger partial charge on any atom is 0.251 e. The van der Waals surface area contributed by atoms with E-state index in [1.807, 2.05) is 6.92 Å². The molecule has 20 heavy (non-hydrogen) atoms. The van der Waals surface area contributed by atoms with Crippen molar-refractivity contribution >= 4 is 22.2 Å². The molecule has 5 nitrogen and oxygen atoms in total. The number of aryl methyl sites for hydroxylation is 1. The highest BCUT2D eigenvalue weighted by molar-refractivity contribution is 7.16. The summed E-state index contributed by atoms with van der Waals surface area (Å²) in [6, 6.07) is 5.41. The van der Waals surface area contributed by atoms with Crippen molar-refractivity contribution in [3.8, 4) is 0 Å². The summed E-state index contributed by atoms with van der Waals surface area (Å²) < 4.78 is 14.5. The van der Waals surface area contributed by atoms with Crippen molar-refractivity contribution in [2.75, 3.05) is 0 Å². The molecule has 1 amide bonds. The fraction of sp³-hybridized carbons (Fsp3) is 0.154. The maximum atomic E-state index is 12.8. The van der Waals surface area contributed by atoms with Gasteiger partial charge in [-0.05, 0) is 31.2 Å². The van der Waals surface area contributed by atoms with Crippen LogP contribution in [0.2, 0.25) is 0 Å². The third-order valence-corrected chi connectivity index (χ3v) is 3.57.